The maximum Gasteiger partial charge on any atom is 0.311 e. The number of hydrogen-bond donors (Lipinski definition) is 1. The van der Waals surface area contributed by atoms with Gasteiger partial charge < -0.3 is 10.5 Å². The van der Waals surface area contributed by atoms with Gasteiger partial charge in [0.1, 0.15) is 0 Å². The molecule has 3 rings (SSSR count). The highest BCUT2D eigenvalue weighted by molar-refractivity contribution is 7.14. The molecule has 1 atom stereocenters. The Labute approximate surface area is 131 Å². The molecule has 1 fully saturated rings. The summed E-state index contributed by atoms with van der Waals surface area (Å²) in [5.41, 5.74) is 8.08. The van der Waals surface area contributed by atoms with Crippen molar-refractivity contribution >= 4 is 34.0 Å². The fraction of sp³-hybridized carbons (Fsp3) is 0.267. The van der Waals surface area contributed by atoms with Gasteiger partial charge in [-0.3, -0.25) is 14.5 Å². The van der Waals surface area contributed by atoms with E-state index >= 15 is 0 Å². The Kier molecular flexibility index (Phi) is 3.81. The first-order valence-electron chi connectivity index (χ1n) is 6.78. The Bertz CT molecular complexity index is 711. The zero-order valence-electron chi connectivity index (χ0n) is 12.0. The van der Waals surface area contributed by atoms with Gasteiger partial charge in [0.15, 0.2) is 5.13 Å². The van der Waals surface area contributed by atoms with Crippen LogP contribution in [-0.2, 0) is 14.3 Å². The van der Waals surface area contributed by atoms with Crippen LogP contribution in [0.5, 0.6) is 0 Å². The molecule has 2 N–H and O–H groups in total. The SMILES string of the molecule is COC(=O)C1CC(=O)N(c2nc(-c3ccc(N)cc3)cs2)C1. The van der Waals surface area contributed by atoms with Crippen molar-refractivity contribution in [2.24, 2.45) is 5.92 Å². The highest BCUT2D eigenvalue weighted by Crippen LogP contribution is 2.32. The molecule has 1 amide bonds. The van der Waals surface area contributed by atoms with Crippen LogP contribution in [-0.4, -0.2) is 30.5 Å². The number of rotatable bonds is 3. The van der Waals surface area contributed by atoms with E-state index in [4.69, 9.17) is 10.5 Å². The predicted molar refractivity (Wildman–Crippen MR) is 84.4 cm³/mol. The molecule has 2 aromatic rings. The van der Waals surface area contributed by atoms with E-state index in [0.717, 1.165) is 11.3 Å². The lowest BCUT2D eigenvalue weighted by atomic mass is 10.1. The molecular formula is C15H15N3O3S. The number of aromatic nitrogens is 1. The molecular weight excluding hydrogens is 302 g/mol. The smallest absolute Gasteiger partial charge is 0.311 e. The van der Waals surface area contributed by atoms with Crippen molar-refractivity contribution in [3.05, 3.63) is 29.6 Å². The topological polar surface area (TPSA) is 85.5 Å². The lowest BCUT2D eigenvalue weighted by Gasteiger charge is -2.12. The molecule has 0 spiro atoms. The average Bonchev–Trinajstić information content (AvgIpc) is 3.14. The maximum atomic E-state index is 12.1. The fourth-order valence-electron chi connectivity index (χ4n) is 2.39. The molecule has 114 valence electrons. The van der Waals surface area contributed by atoms with Crippen molar-refractivity contribution in [1.82, 2.24) is 4.98 Å². The highest BCUT2D eigenvalue weighted by Gasteiger charge is 2.37. The number of benzene rings is 1. The van der Waals surface area contributed by atoms with Crippen molar-refractivity contribution in [3.63, 3.8) is 0 Å². The normalized spacial score (nSPS) is 17.8. The lowest BCUT2D eigenvalue weighted by molar-refractivity contribution is -0.145. The van der Waals surface area contributed by atoms with Crippen molar-refractivity contribution < 1.29 is 14.3 Å². The molecule has 1 aliphatic heterocycles. The zero-order chi connectivity index (χ0) is 15.7. The second-order valence-corrected chi connectivity index (χ2v) is 5.90. The van der Waals surface area contributed by atoms with Gasteiger partial charge in [-0.1, -0.05) is 12.1 Å². The molecule has 2 heterocycles. The minimum Gasteiger partial charge on any atom is -0.469 e. The highest BCUT2D eigenvalue weighted by atomic mass is 32.1. The number of nitrogens with zero attached hydrogens (tertiary/aromatic N) is 2. The monoisotopic (exact) mass is 317 g/mol. The van der Waals surface area contributed by atoms with E-state index in [1.165, 1.54) is 18.4 Å². The van der Waals surface area contributed by atoms with E-state index in [-0.39, 0.29) is 18.3 Å². The Morgan fingerprint density at radius 3 is 2.82 bits per heavy atom. The first kappa shape index (κ1) is 14.5. The van der Waals surface area contributed by atoms with Gasteiger partial charge in [0, 0.05) is 29.6 Å². The molecule has 1 aromatic carbocycles. The molecule has 7 heteroatoms. The summed E-state index contributed by atoms with van der Waals surface area (Å²) in [7, 11) is 1.33. The molecule has 22 heavy (non-hydrogen) atoms. The minimum atomic E-state index is -0.415. The van der Waals surface area contributed by atoms with Crippen LogP contribution in [0.15, 0.2) is 29.6 Å². The van der Waals surface area contributed by atoms with E-state index in [2.05, 4.69) is 4.98 Å². The van der Waals surface area contributed by atoms with Crippen LogP contribution in [0.25, 0.3) is 11.3 Å². The van der Waals surface area contributed by atoms with Gasteiger partial charge in [-0.25, -0.2) is 4.98 Å². The number of hydrogen-bond acceptors (Lipinski definition) is 6. The van der Waals surface area contributed by atoms with Gasteiger partial charge in [0.25, 0.3) is 0 Å². The predicted octanol–water partition coefficient (Wildman–Crippen LogP) is 1.92. The van der Waals surface area contributed by atoms with Crippen molar-refractivity contribution in [1.29, 1.82) is 0 Å². The van der Waals surface area contributed by atoms with Gasteiger partial charge in [0.05, 0.1) is 18.7 Å². The number of nitrogens with two attached hydrogens (primary N) is 1. The summed E-state index contributed by atoms with van der Waals surface area (Å²) >= 11 is 1.38. The number of esters is 1. The quantitative estimate of drug-likeness (QED) is 0.690. The number of methoxy groups -OCH3 is 1. The third-order valence-electron chi connectivity index (χ3n) is 3.59. The van der Waals surface area contributed by atoms with Gasteiger partial charge in [0.2, 0.25) is 5.91 Å². The Morgan fingerprint density at radius 2 is 2.14 bits per heavy atom. The van der Waals surface area contributed by atoms with E-state index in [1.807, 2.05) is 29.6 Å². The van der Waals surface area contributed by atoms with Gasteiger partial charge in [-0.05, 0) is 12.1 Å². The summed E-state index contributed by atoms with van der Waals surface area (Å²) in [6, 6.07) is 7.39. The zero-order valence-corrected chi connectivity index (χ0v) is 12.8. The Morgan fingerprint density at radius 1 is 1.41 bits per heavy atom. The standard InChI is InChI=1S/C15H15N3O3S/c1-21-14(20)10-6-13(19)18(7-10)15-17-12(8-22-15)9-2-4-11(16)5-3-9/h2-5,8,10H,6-7,16H2,1H3. The number of amides is 1. The maximum absolute atomic E-state index is 12.1. The number of thiazole rings is 1. The first-order chi connectivity index (χ1) is 10.6. The van der Waals surface area contributed by atoms with Gasteiger partial charge in [-0.2, -0.15) is 0 Å². The van der Waals surface area contributed by atoms with Crippen molar-refractivity contribution in [2.75, 3.05) is 24.3 Å². The van der Waals surface area contributed by atoms with Gasteiger partial charge >= 0.3 is 5.97 Å². The van der Waals surface area contributed by atoms with E-state index in [9.17, 15) is 9.59 Å². The molecule has 0 saturated carbocycles. The summed E-state index contributed by atoms with van der Waals surface area (Å²) in [5.74, 6) is -0.874. The molecule has 1 aliphatic rings. The minimum absolute atomic E-state index is 0.103. The lowest BCUT2D eigenvalue weighted by Crippen LogP contribution is -2.26. The summed E-state index contributed by atoms with van der Waals surface area (Å²) in [6.45, 7) is 0.320. The third-order valence-corrected chi connectivity index (χ3v) is 4.45. The van der Waals surface area contributed by atoms with E-state index < -0.39 is 5.92 Å². The summed E-state index contributed by atoms with van der Waals surface area (Å²) < 4.78 is 4.71. The molecule has 0 aliphatic carbocycles. The average molecular weight is 317 g/mol. The number of carbonyl (C=O) groups is 2. The number of nitrogen functional groups attached to an aromatic ring is 1. The first-order valence-corrected chi connectivity index (χ1v) is 7.66. The molecule has 0 radical (unpaired) electrons. The van der Waals surface area contributed by atoms with Crippen LogP contribution in [0.3, 0.4) is 0 Å². The third kappa shape index (κ3) is 2.67. The van der Waals surface area contributed by atoms with Crippen LogP contribution in [0.4, 0.5) is 10.8 Å². The van der Waals surface area contributed by atoms with Gasteiger partial charge in [-0.15, -0.1) is 11.3 Å². The fourth-order valence-corrected chi connectivity index (χ4v) is 3.25. The van der Waals surface area contributed by atoms with Crippen LogP contribution >= 0.6 is 11.3 Å². The summed E-state index contributed by atoms with van der Waals surface area (Å²) in [5, 5.41) is 2.49. The molecule has 6 nitrogen and oxygen atoms in total. The number of ether oxygens (including phenoxy) is 1. The molecule has 0 bridgehead atoms. The van der Waals surface area contributed by atoms with E-state index in [1.54, 1.807) is 4.90 Å². The van der Waals surface area contributed by atoms with Crippen molar-refractivity contribution in [3.8, 4) is 11.3 Å². The molecule has 1 unspecified atom stereocenters. The Balaban J connectivity index is 1.80. The largest absolute Gasteiger partial charge is 0.469 e. The molecule has 1 aromatic heterocycles. The van der Waals surface area contributed by atoms with Crippen LogP contribution < -0.4 is 10.6 Å². The van der Waals surface area contributed by atoms with E-state index in [0.29, 0.717) is 17.4 Å². The van der Waals surface area contributed by atoms with Crippen molar-refractivity contribution in [2.45, 2.75) is 6.42 Å². The summed E-state index contributed by atoms with van der Waals surface area (Å²) in [6.07, 6.45) is 0.170. The second-order valence-electron chi connectivity index (χ2n) is 5.07. The second kappa shape index (κ2) is 5.76. The van der Waals surface area contributed by atoms with Crippen LogP contribution in [0.2, 0.25) is 0 Å². The van der Waals surface area contributed by atoms with Crippen LogP contribution in [0.1, 0.15) is 6.42 Å². The van der Waals surface area contributed by atoms with Crippen LogP contribution in [0, 0.1) is 5.92 Å². The summed E-state index contributed by atoms with van der Waals surface area (Å²) in [4.78, 5) is 29.7. The Hall–Kier alpha value is -2.41. The number of anilines is 2. The number of carbonyl (C=O) groups excluding carboxylic acids is 2. The molecule has 1 saturated heterocycles.